The minimum absolute atomic E-state index is 0.0410. The van der Waals surface area contributed by atoms with Gasteiger partial charge in [-0.15, -0.1) is 0 Å². The molecule has 0 bridgehead atoms. The molecule has 0 saturated carbocycles. The zero-order chi connectivity index (χ0) is 23.1. The molecule has 32 heavy (non-hydrogen) atoms. The largest absolute Gasteiger partial charge is 0.493 e. The maximum Gasteiger partial charge on any atom is 0.266 e. The quantitative estimate of drug-likeness (QED) is 0.192. The van der Waals surface area contributed by atoms with Gasteiger partial charge in [-0.1, -0.05) is 41.4 Å². The fourth-order valence-electron chi connectivity index (χ4n) is 2.77. The van der Waals surface area contributed by atoms with E-state index < -0.39 is 5.91 Å². The van der Waals surface area contributed by atoms with Crippen molar-refractivity contribution >= 4 is 63.5 Å². The molecule has 0 aromatic heterocycles. The molecule has 0 fully saturated rings. The van der Waals surface area contributed by atoms with Gasteiger partial charge in [0, 0.05) is 24.9 Å². The van der Waals surface area contributed by atoms with Crippen molar-refractivity contribution in [2.45, 2.75) is 6.61 Å². The van der Waals surface area contributed by atoms with Gasteiger partial charge in [0.15, 0.2) is 11.5 Å². The highest BCUT2D eigenvalue weighted by Crippen LogP contribution is 2.31. The number of nitrogens with one attached hydrogen (secondary N) is 1. The van der Waals surface area contributed by atoms with Crippen LogP contribution in [0.4, 0.5) is 5.69 Å². The van der Waals surface area contributed by atoms with E-state index in [-0.39, 0.29) is 12.2 Å². The van der Waals surface area contributed by atoms with Crippen molar-refractivity contribution in [1.82, 2.24) is 0 Å². The lowest BCUT2D eigenvalue weighted by atomic mass is 10.1. The first-order valence-electron chi connectivity index (χ1n) is 9.33. The molecule has 0 spiro atoms. The first kappa shape index (κ1) is 23.9. The van der Waals surface area contributed by atoms with E-state index in [0.29, 0.717) is 32.8 Å². The molecular weight excluding hydrogens is 562 g/mol. The molecule has 3 aromatic rings. The molecule has 162 valence electrons. The van der Waals surface area contributed by atoms with E-state index in [1.54, 1.807) is 42.5 Å². The number of anilines is 1. The van der Waals surface area contributed by atoms with Crippen LogP contribution in [0.2, 0.25) is 10.0 Å². The molecule has 0 aliphatic rings. The number of hydrogen-bond donors (Lipinski definition) is 1. The minimum atomic E-state index is -0.499. The molecule has 0 atom stereocenters. The highest BCUT2D eigenvalue weighted by atomic mass is 127. The molecular formula is C24H17Cl2IN2O3. The van der Waals surface area contributed by atoms with E-state index in [1.165, 1.54) is 13.2 Å². The summed E-state index contributed by atoms with van der Waals surface area (Å²) in [4.78, 5) is 12.6. The molecule has 5 nitrogen and oxygen atoms in total. The van der Waals surface area contributed by atoms with E-state index in [2.05, 4.69) is 27.9 Å². The van der Waals surface area contributed by atoms with Gasteiger partial charge in [-0.05, 0) is 76.7 Å². The lowest BCUT2D eigenvalue weighted by Crippen LogP contribution is -2.13. The van der Waals surface area contributed by atoms with Gasteiger partial charge in [0.1, 0.15) is 18.2 Å². The summed E-state index contributed by atoms with van der Waals surface area (Å²) in [5.41, 5.74) is 1.94. The number of nitriles is 1. The zero-order valence-electron chi connectivity index (χ0n) is 16.9. The van der Waals surface area contributed by atoms with Gasteiger partial charge in [0.2, 0.25) is 0 Å². The van der Waals surface area contributed by atoms with E-state index in [0.717, 1.165) is 9.13 Å². The van der Waals surface area contributed by atoms with Crippen molar-refractivity contribution < 1.29 is 14.3 Å². The third kappa shape index (κ3) is 6.39. The second-order valence-electron chi connectivity index (χ2n) is 6.57. The Balaban J connectivity index is 1.81. The van der Waals surface area contributed by atoms with Crippen molar-refractivity contribution in [3.8, 4) is 17.6 Å². The Bertz CT molecular complexity index is 1220. The van der Waals surface area contributed by atoms with Gasteiger partial charge >= 0.3 is 0 Å². The van der Waals surface area contributed by atoms with Crippen LogP contribution in [0, 0.1) is 14.9 Å². The lowest BCUT2D eigenvalue weighted by Gasteiger charge is -2.12. The summed E-state index contributed by atoms with van der Waals surface area (Å²) in [6, 6.07) is 19.5. The summed E-state index contributed by atoms with van der Waals surface area (Å²) in [6.07, 6.45) is 1.49. The summed E-state index contributed by atoms with van der Waals surface area (Å²) in [7, 11) is 1.53. The fraction of sp³-hybridized carbons (Fsp3) is 0.0833. The van der Waals surface area contributed by atoms with Gasteiger partial charge in [-0.25, -0.2) is 0 Å². The van der Waals surface area contributed by atoms with Crippen LogP contribution in [0.15, 0.2) is 66.2 Å². The highest BCUT2D eigenvalue weighted by molar-refractivity contribution is 14.1. The summed E-state index contributed by atoms with van der Waals surface area (Å²) >= 11 is 14.3. The molecule has 1 amide bonds. The van der Waals surface area contributed by atoms with Gasteiger partial charge in [0.25, 0.3) is 5.91 Å². The number of methoxy groups -OCH3 is 1. The van der Waals surface area contributed by atoms with E-state index >= 15 is 0 Å². The standard InChI is InChI=1S/C24H17Cl2IN2O3/c1-31-22-8-5-15(10-23(22)32-14-16-6-7-18(25)11-21(16)26)9-17(13-28)24(30)29-20-4-2-3-19(27)12-20/h2-12H,14H2,1H3,(H,29,30)/b17-9+. The predicted octanol–water partition coefficient (Wildman–Crippen LogP) is 6.73. The Labute approximate surface area is 209 Å². The minimum Gasteiger partial charge on any atom is -0.493 e. The molecule has 0 radical (unpaired) electrons. The molecule has 0 unspecified atom stereocenters. The lowest BCUT2D eigenvalue weighted by molar-refractivity contribution is -0.112. The third-order valence-corrected chi connectivity index (χ3v) is 5.60. The van der Waals surface area contributed by atoms with Crippen LogP contribution >= 0.6 is 45.8 Å². The predicted molar refractivity (Wildman–Crippen MR) is 135 cm³/mol. The van der Waals surface area contributed by atoms with Gasteiger partial charge in [0.05, 0.1) is 7.11 Å². The summed E-state index contributed by atoms with van der Waals surface area (Å²) in [5.74, 6) is 0.456. The fourth-order valence-corrected chi connectivity index (χ4v) is 3.78. The van der Waals surface area contributed by atoms with Crippen LogP contribution in [0.1, 0.15) is 11.1 Å². The summed E-state index contributed by atoms with van der Waals surface area (Å²) in [6.45, 7) is 0.192. The zero-order valence-corrected chi connectivity index (χ0v) is 20.5. The van der Waals surface area contributed by atoms with Crippen LogP contribution in [0.3, 0.4) is 0 Å². The van der Waals surface area contributed by atoms with Crippen molar-refractivity contribution in [3.05, 3.63) is 91.0 Å². The van der Waals surface area contributed by atoms with Crippen LogP contribution in [-0.2, 0) is 11.4 Å². The third-order valence-electron chi connectivity index (χ3n) is 4.34. The number of nitrogens with zero attached hydrogens (tertiary/aromatic N) is 1. The number of carbonyl (C=O) groups excluding carboxylic acids is 1. The molecule has 0 aliphatic heterocycles. The smallest absolute Gasteiger partial charge is 0.266 e. The summed E-state index contributed by atoms with van der Waals surface area (Å²) in [5, 5.41) is 13.3. The van der Waals surface area contributed by atoms with Crippen LogP contribution in [0.25, 0.3) is 6.08 Å². The first-order chi connectivity index (χ1) is 15.4. The second-order valence-corrected chi connectivity index (χ2v) is 8.66. The number of benzene rings is 3. The average molecular weight is 579 g/mol. The van der Waals surface area contributed by atoms with Gasteiger partial charge in [-0.3, -0.25) is 4.79 Å². The van der Waals surface area contributed by atoms with Crippen LogP contribution < -0.4 is 14.8 Å². The number of ether oxygens (including phenoxy) is 2. The maximum absolute atomic E-state index is 12.6. The average Bonchev–Trinajstić information content (AvgIpc) is 2.77. The van der Waals surface area contributed by atoms with Crippen LogP contribution in [0.5, 0.6) is 11.5 Å². The van der Waals surface area contributed by atoms with Crippen molar-refractivity contribution in [2.24, 2.45) is 0 Å². The molecule has 3 aromatic carbocycles. The number of amides is 1. The number of rotatable bonds is 7. The molecule has 0 saturated heterocycles. The van der Waals surface area contributed by atoms with Crippen molar-refractivity contribution in [2.75, 3.05) is 12.4 Å². The summed E-state index contributed by atoms with van der Waals surface area (Å²) < 4.78 is 12.2. The van der Waals surface area contributed by atoms with E-state index in [1.807, 2.05) is 24.3 Å². The van der Waals surface area contributed by atoms with E-state index in [9.17, 15) is 10.1 Å². The Morgan fingerprint density at radius 1 is 1.12 bits per heavy atom. The Kier molecular flexibility index (Phi) is 8.39. The molecule has 0 heterocycles. The molecule has 1 N–H and O–H groups in total. The molecule has 3 rings (SSSR count). The number of halogens is 3. The first-order valence-corrected chi connectivity index (χ1v) is 11.2. The monoisotopic (exact) mass is 578 g/mol. The van der Waals surface area contributed by atoms with Crippen molar-refractivity contribution in [3.63, 3.8) is 0 Å². The number of carbonyl (C=O) groups is 1. The van der Waals surface area contributed by atoms with Gasteiger partial charge in [-0.2, -0.15) is 5.26 Å². The van der Waals surface area contributed by atoms with E-state index in [4.69, 9.17) is 32.7 Å². The Hall–Kier alpha value is -2.73. The molecule has 8 heteroatoms. The Morgan fingerprint density at radius 3 is 2.62 bits per heavy atom. The maximum atomic E-state index is 12.6. The number of hydrogen-bond acceptors (Lipinski definition) is 4. The second kappa shape index (κ2) is 11.2. The normalized spacial score (nSPS) is 10.9. The van der Waals surface area contributed by atoms with Crippen molar-refractivity contribution in [1.29, 1.82) is 5.26 Å². The highest BCUT2D eigenvalue weighted by Gasteiger charge is 2.12. The molecule has 0 aliphatic carbocycles. The van der Waals surface area contributed by atoms with Gasteiger partial charge < -0.3 is 14.8 Å². The Morgan fingerprint density at radius 2 is 1.94 bits per heavy atom. The SMILES string of the molecule is COc1ccc(/C=C(\C#N)C(=O)Nc2cccc(I)c2)cc1OCc1ccc(Cl)cc1Cl. The topological polar surface area (TPSA) is 71.3 Å². The van der Waals surface area contributed by atoms with Crippen LogP contribution in [-0.4, -0.2) is 13.0 Å².